The largest absolute Gasteiger partial charge is 0.355 e. The van der Waals surface area contributed by atoms with Gasteiger partial charge in [0, 0.05) is 36.2 Å². The fraction of sp³-hybridized carbons (Fsp3) is 0.438. The van der Waals surface area contributed by atoms with Crippen molar-refractivity contribution in [2.24, 2.45) is 0 Å². The lowest BCUT2D eigenvalue weighted by Gasteiger charge is -2.10. The van der Waals surface area contributed by atoms with Gasteiger partial charge in [-0.1, -0.05) is 26.0 Å². The first-order chi connectivity index (χ1) is 9.61. The Morgan fingerprint density at radius 1 is 1.30 bits per heavy atom. The normalized spacial score (nSPS) is 11.2. The third-order valence-corrected chi connectivity index (χ3v) is 3.29. The van der Waals surface area contributed by atoms with Crippen LogP contribution in [0.1, 0.15) is 26.3 Å². The molecule has 2 aromatic rings. The minimum atomic E-state index is 0.0516. The minimum Gasteiger partial charge on any atom is -0.355 e. The molecule has 0 radical (unpaired) electrons. The van der Waals surface area contributed by atoms with Gasteiger partial charge in [-0.3, -0.25) is 4.79 Å². The van der Waals surface area contributed by atoms with Crippen LogP contribution < -0.4 is 10.6 Å². The number of hydrogen-bond donors (Lipinski definition) is 2. The van der Waals surface area contributed by atoms with Gasteiger partial charge in [0.05, 0.1) is 0 Å². The second-order valence-electron chi connectivity index (χ2n) is 5.28. The zero-order valence-electron chi connectivity index (χ0n) is 12.4. The smallest absolute Gasteiger partial charge is 0.239 e. The topological polar surface area (TPSA) is 46.1 Å². The lowest BCUT2D eigenvalue weighted by molar-refractivity contribution is -0.121. The number of fused-ring (bicyclic) bond motifs is 1. The Bertz CT molecular complexity index is 586. The van der Waals surface area contributed by atoms with Crippen molar-refractivity contribution in [3.05, 3.63) is 36.0 Å². The molecule has 20 heavy (non-hydrogen) atoms. The first-order valence-electron chi connectivity index (χ1n) is 7.18. The van der Waals surface area contributed by atoms with Crippen LogP contribution in [0, 0.1) is 0 Å². The first-order valence-corrected chi connectivity index (χ1v) is 7.18. The van der Waals surface area contributed by atoms with Gasteiger partial charge in [0.25, 0.3) is 0 Å². The molecule has 4 nitrogen and oxygen atoms in total. The van der Waals surface area contributed by atoms with E-state index in [0.717, 1.165) is 12.1 Å². The van der Waals surface area contributed by atoms with Crippen molar-refractivity contribution in [3.8, 4) is 0 Å². The highest BCUT2D eigenvalue weighted by molar-refractivity contribution is 5.85. The molecular weight excluding hydrogens is 250 g/mol. The van der Waals surface area contributed by atoms with Crippen molar-refractivity contribution >= 4 is 16.8 Å². The van der Waals surface area contributed by atoms with Crippen LogP contribution in [0.25, 0.3) is 10.9 Å². The van der Waals surface area contributed by atoms with Crippen molar-refractivity contribution < 1.29 is 4.79 Å². The number of carbonyl (C=O) groups is 1. The quantitative estimate of drug-likeness (QED) is 0.848. The maximum atomic E-state index is 11.7. The molecule has 1 heterocycles. The van der Waals surface area contributed by atoms with Crippen LogP contribution in [0.3, 0.4) is 0 Å². The van der Waals surface area contributed by atoms with Gasteiger partial charge < -0.3 is 15.2 Å². The van der Waals surface area contributed by atoms with Gasteiger partial charge in [-0.15, -0.1) is 0 Å². The Morgan fingerprint density at radius 2 is 2.10 bits per heavy atom. The number of hydrogen-bond acceptors (Lipinski definition) is 2. The molecule has 0 bridgehead atoms. The molecule has 0 aliphatic heterocycles. The van der Waals surface area contributed by atoms with E-state index >= 15 is 0 Å². The number of aromatic nitrogens is 1. The van der Waals surface area contributed by atoms with Gasteiger partial charge in [-0.05, 0) is 24.6 Å². The van der Waals surface area contributed by atoms with E-state index in [1.165, 1.54) is 10.9 Å². The average molecular weight is 273 g/mol. The fourth-order valence-electron chi connectivity index (χ4n) is 2.30. The van der Waals surface area contributed by atoms with Crippen molar-refractivity contribution in [2.75, 3.05) is 6.54 Å². The Kier molecular flexibility index (Phi) is 4.79. The fourth-order valence-corrected chi connectivity index (χ4v) is 2.30. The molecule has 0 atom stereocenters. The number of carbonyl (C=O) groups excluding carboxylic acids is 1. The summed E-state index contributed by atoms with van der Waals surface area (Å²) in [7, 11) is 0. The zero-order valence-corrected chi connectivity index (χ0v) is 12.4. The van der Waals surface area contributed by atoms with E-state index in [-0.39, 0.29) is 5.91 Å². The van der Waals surface area contributed by atoms with Crippen molar-refractivity contribution in [1.29, 1.82) is 0 Å². The number of nitrogens with zero attached hydrogens (tertiary/aromatic N) is 1. The molecular formula is C16H23N3O. The predicted octanol–water partition coefficient (Wildman–Crippen LogP) is 2.28. The highest BCUT2D eigenvalue weighted by Crippen LogP contribution is 2.20. The van der Waals surface area contributed by atoms with Crippen molar-refractivity contribution in [2.45, 2.75) is 39.9 Å². The molecule has 1 amide bonds. The molecule has 0 saturated heterocycles. The van der Waals surface area contributed by atoms with Gasteiger partial charge in [-0.2, -0.15) is 0 Å². The summed E-state index contributed by atoms with van der Waals surface area (Å²) in [6.07, 6.45) is 1.98. The Labute approximate surface area is 120 Å². The molecule has 0 spiro atoms. The van der Waals surface area contributed by atoms with Gasteiger partial charge in [-0.25, -0.2) is 0 Å². The van der Waals surface area contributed by atoms with Gasteiger partial charge in [0.1, 0.15) is 6.54 Å². The molecule has 2 rings (SSSR count). The first kappa shape index (κ1) is 14.6. The standard InChI is InChI=1S/C16H23N3O/c1-4-17-16(20)11-19-9-8-14-13(10-18-12(2)3)6-5-7-15(14)19/h5-9,12,18H,4,10-11H2,1-3H3,(H,17,20). The number of amides is 1. The van der Waals surface area contributed by atoms with E-state index in [4.69, 9.17) is 0 Å². The molecule has 108 valence electrons. The lowest BCUT2D eigenvalue weighted by atomic mass is 10.1. The molecule has 0 unspecified atom stereocenters. The molecule has 0 aliphatic carbocycles. The summed E-state index contributed by atoms with van der Waals surface area (Å²) in [5.41, 5.74) is 2.38. The van der Waals surface area contributed by atoms with E-state index in [2.05, 4.69) is 42.7 Å². The van der Waals surface area contributed by atoms with Gasteiger partial charge in [0.15, 0.2) is 0 Å². The highest BCUT2D eigenvalue weighted by Gasteiger charge is 2.08. The molecule has 0 saturated carbocycles. The number of rotatable bonds is 6. The van der Waals surface area contributed by atoms with Crippen molar-refractivity contribution in [1.82, 2.24) is 15.2 Å². The van der Waals surface area contributed by atoms with Crippen LogP contribution >= 0.6 is 0 Å². The Morgan fingerprint density at radius 3 is 2.80 bits per heavy atom. The Balaban J connectivity index is 2.23. The summed E-state index contributed by atoms with van der Waals surface area (Å²) in [4.78, 5) is 11.7. The van der Waals surface area contributed by atoms with E-state index < -0.39 is 0 Å². The SMILES string of the molecule is CCNC(=O)Cn1ccc2c(CNC(C)C)cccc21. The van der Waals surface area contributed by atoms with E-state index in [1.807, 2.05) is 23.8 Å². The van der Waals surface area contributed by atoms with Gasteiger partial charge in [0.2, 0.25) is 5.91 Å². The minimum absolute atomic E-state index is 0.0516. The van der Waals surface area contributed by atoms with Crippen molar-refractivity contribution in [3.63, 3.8) is 0 Å². The maximum absolute atomic E-state index is 11.7. The monoisotopic (exact) mass is 273 g/mol. The second kappa shape index (κ2) is 6.57. The summed E-state index contributed by atoms with van der Waals surface area (Å²) < 4.78 is 2.00. The number of nitrogens with one attached hydrogen (secondary N) is 2. The van der Waals surface area contributed by atoms with Crippen LogP contribution in [0.15, 0.2) is 30.5 Å². The molecule has 1 aromatic heterocycles. The number of likely N-dealkylation sites (N-methyl/N-ethyl adjacent to an activating group) is 1. The van der Waals surface area contributed by atoms with Gasteiger partial charge >= 0.3 is 0 Å². The molecule has 2 N–H and O–H groups in total. The van der Waals surface area contributed by atoms with Crippen LogP contribution in [0.2, 0.25) is 0 Å². The summed E-state index contributed by atoms with van der Waals surface area (Å²) in [5, 5.41) is 7.48. The molecule has 0 aliphatic rings. The second-order valence-corrected chi connectivity index (χ2v) is 5.28. The van der Waals surface area contributed by atoms with E-state index in [1.54, 1.807) is 0 Å². The summed E-state index contributed by atoms with van der Waals surface area (Å²) in [6.45, 7) is 8.10. The number of benzene rings is 1. The highest BCUT2D eigenvalue weighted by atomic mass is 16.1. The maximum Gasteiger partial charge on any atom is 0.239 e. The van der Waals surface area contributed by atoms with Crippen LogP contribution in [0.5, 0.6) is 0 Å². The molecule has 4 heteroatoms. The summed E-state index contributed by atoms with van der Waals surface area (Å²) in [5.74, 6) is 0.0516. The molecule has 0 fully saturated rings. The third-order valence-electron chi connectivity index (χ3n) is 3.29. The summed E-state index contributed by atoms with van der Waals surface area (Å²) >= 11 is 0. The zero-order chi connectivity index (χ0) is 14.5. The predicted molar refractivity (Wildman–Crippen MR) is 82.6 cm³/mol. The summed E-state index contributed by atoms with van der Waals surface area (Å²) in [6, 6.07) is 8.80. The average Bonchev–Trinajstić information content (AvgIpc) is 2.80. The van der Waals surface area contributed by atoms with E-state index in [0.29, 0.717) is 19.1 Å². The Hall–Kier alpha value is -1.81. The van der Waals surface area contributed by atoms with Crippen LogP contribution in [0.4, 0.5) is 0 Å². The van der Waals surface area contributed by atoms with E-state index in [9.17, 15) is 4.79 Å². The van der Waals surface area contributed by atoms with Crippen LogP contribution in [-0.2, 0) is 17.9 Å². The lowest BCUT2D eigenvalue weighted by Crippen LogP contribution is -2.26. The molecule has 1 aromatic carbocycles. The van der Waals surface area contributed by atoms with Crippen LogP contribution in [-0.4, -0.2) is 23.1 Å². The third kappa shape index (κ3) is 3.39.